The van der Waals surface area contributed by atoms with Gasteiger partial charge < -0.3 is 10.4 Å². The molecule has 0 saturated carbocycles. The molecule has 0 amide bonds. The van der Waals surface area contributed by atoms with E-state index >= 15 is 0 Å². The Hall–Kier alpha value is -0.130. The molecule has 2 unspecified atom stereocenters. The highest BCUT2D eigenvalue weighted by molar-refractivity contribution is 7.91. The van der Waals surface area contributed by atoms with Crippen molar-refractivity contribution < 1.29 is 13.5 Å². The summed E-state index contributed by atoms with van der Waals surface area (Å²) in [6.45, 7) is 3.64. The van der Waals surface area contributed by atoms with E-state index in [4.69, 9.17) is 0 Å². The van der Waals surface area contributed by atoms with Crippen LogP contribution in [0.2, 0.25) is 0 Å². The number of aliphatic hydroxyl groups is 1. The molecule has 0 radical (unpaired) electrons. The van der Waals surface area contributed by atoms with Crippen molar-refractivity contribution in [2.24, 2.45) is 0 Å². The third-order valence-corrected chi connectivity index (χ3v) is 4.49. The summed E-state index contributed by atoms with van der Waals surface area (Å²) in [5.41, 5.74) is 0. The van der Waals surface area contributed by atoms with Crippen LogP contribution in [0.3, 0.4) is 0 Å². The number of hydrogen-bond acceptors (Lipinski definition) is 4. The topological polar surface area (TPSA) is 66.4 Å². The van der Waals surface area contributed by atoms with Crippen LogP contribution in [0.25, 0.3) is 0 Å². The average molecular weight is 221 g/mol. The van der Waals surface area contributed by atoms with E-state index in [1.807, 2.05) is 6.92 Å². The molecule has 0 spiro atoms. The van der Waals surface area contributed by atoms with Gasteiger partial charge in [0, 0.05) is 12.1 Å². The molecule has 5 heteroatoms. The zero-order valence-corrected chi connectivity index (χ0v) is 9.55. The number of hydrogen-bond donors (Lipinski definition) is 2. The van der Waals surface area contributed by atoms with Crippen LogP contribution in [-0.4, -0.2) is 43.2 Å². The van der Waals surface area contributed by atoms with E-state index in [2.05, 4.69) is 5.32 Å². The summed E-state index contributed by atoms with van der Waals surface area (Å²) in [4.78, 5) is 0. The molecule has 84 valence electrons. The standard InChI is InChI=1S/C9H19NO3S/c1-7(8(2)11)10-9-3-5-14(12,13)6-4-9/h7-11H,3-6H2,1-2H3. The molecule has 0 aromatic heterocycles. The number of aliphatic hydroxyl groups excluding tert-OH is 1. The number of sulfone groups is 1. The van der Waals surface area contributed by atoms with Crippen LogP contribution < -0.4 is 5.32 Å². The van der Waals surface area contributed by atoms with Crippen molar-refractivity contribution >= 4 is 9.84 Å². The third kappa shape index (κ3) is 3.55. The smallest absolute Gasteiger partial charge is 0.150 e. The maximum Gasteiger partial charge on any atom is 0.150 e. The zero-order valence-electron chi connectivity index (χ0n) is 8.73. The monoisotopic (exact) mass is 221 g/mol. The normalized spacial score (nSPS) is 27.1. The lowest BCUT2D eigenvalue weighted by molar-refractivity contribution is 0.144. The summed E-state index contributed by atoms with van der Waals surface area (Å²) in [6, 6.07) is 0.268. The van der Waals surface area contributed by atoms with Gasteiger partial charge in [-0.15, -0.1) is 0 Å². The van der Waals surface area contributed by atoms with Crippen molar-refractivity contribution in [2.45, 2.75) is 44.9 Å². The van der Waals surface area contributed by atoms with E-state index in [0.717, 1.165) is 0 Å². The second-order valence-corrected chi connectivity index (χ2v) is 6.43. The number of nitrogens with one attached hydrogen (secondary N) is 1. The molecule has 0 aliphatic carbocycles. The molecule has 1 aliphatic heterocycles. The predicted octanol–water partition coefficient (Wildman–Crippen LogP) is -0.0775. The fourth-order valence-electron chi connectivity index (χ4n) is 1.57. The SMILES string of the molecule is CC(O)C(C)NC1CCS(=O)(=O)CC1. The predicted molar refractivity (Wildman–Crippen MR) is 56.0 cm³/mol. The lowest BCUT2D eigenvalue weighted by Gasteiger charge is -2.27. The van der Waals surface area contributed by atoms with E-state index in [1.165, 1.54) is 0 Å². The highest BCUT2D eigenvalue weighted by atomic mass is 32.2. The van der Waals surface area contributed by atoms with Crippen LogP contribution in [0.1, 0.15) is 26.7 Å². The molecule has 1 aliphatic rings. The minimum Gasteiger partial charge on any atom is -0.392 e. The summed E-state index contributed by atoms with van der Waals surface area (Å²) in [5, 5.41) is 12.5. The van der Waals surface area contributed by atoms with E-state index < -0.39 is 15.9 Å². The fourth-order valence-corrected chi connectivity index (χ4v) is 3.06. The highest BCUT2D eigenvalue weighted by Gasteiger charge is 2.24. The van der Waals surface area contributed by atoms with Gasteiger partial charge >= 0.3 is 0 Å². The molecule has 0 aromatic rings. The second-order valence-electron chi connectivity index (χ2n) is 4.12. The van der Waals surface area contributed by atoms with Crippen LogP contribution in [0, 0.1) is 0 Å². The van der Waals surface area contributed by atoms with Gasteiger partial charge in [-0.25, -0.2) is 8.42 Å². The van der Waals surface area contributed by atoms with Gasteiger partial charge in [0.15, 0.2) is 0 Å². The summed E-state index contributed by atoms with van der Waals surface area (Å²) < 4.78 is 22.3. The van der Waals surface area contributed by atoms with Gasteiger partial charge in [-0.3, -0.25) is 0 Å². The molecule has 1 saturated heterocycles. The van der Waals surface area contributed by atoms with E-state index in [1.54, 1.807) is 6.92 Å². The molecule has 14 heavy (non-hydrogen) atoms. The molecule has 1 heterocycles. The summed E-state index contributed by atoms with van der Waals surface area (Å²) in [7, 11) is -2.77. The Morgan fingerprint density at radius 2 is 1.79 bits per heavy atom. The molecule has 4 nitrogen and oxygen atoms in total. The Morgan fingerprint density at radius 1 is 1.29 bits per heavy atom. The Labute approximate surface area is 85.6 Å². The Balaban J connectivity index is 2.36. The minimum atomic E-state index is -2.77. The van der Waals surface area contributed by atoms with E-state index in [9.17, 15) is 13.5 Å². The first-order chi connectivity index (χ1) is 6.41. The third-order valence-electron chi connectivity index (χ3n) is 2.78. The van der Waals surface area contributed by atoms with Gasteiger partial charge in [0.05, 0.1) is 17.6 Å². The van der Waals surface area contributed by atoms with Gasteiger partial charge in [0.1, 0.15) is 9.84 Å². The minimum absolute atomic E-state index is 0.0285. The zero-order chi connectivity index (χ0) is 10.8. The molecule has 1 fully saturated rings. The quantitative estimate of drug-likeness (QED) is 0.700. The molecular formula is C9H19NO3S. The van der Waals surface area contributed by atoms with Gasteiger partial charge in [-0.05, 0) is 26.7 Å². The largest absolute Gasteiger partial charge is 0.392 e. The molecule has 2 atom stereocenters. The number of rotatable bonds is 3. The Bertz CT molecular complexity index is 260. The molecular weight excluding hydrogens is 202 g/mol. The van der Waals surface area contributed by atoms with Gasteiger partial charge in [-0.1, -0.05) is 0 Å². The van der Waals surface area contributed by atoms with Crippen molar-refractivity contribution in [1.82, 2.24) is 5.32 Å². The molecule has 2 N–H and O–H groups in total. The summed E-state index contributed by atoms with van der Waals surface area (Å²) in [6.07, 6.45) is 0.937. The van der Waals surface area contributed by atoms with Crippen molar-refractivity contribution in [3.05, 3.63) is 0 Å². The Kier molecular flexibility index (Phi) is 3.92. The highest BCUT2D eigenvalue weighted by Crippen LogP contribution is 2.13. The lowest BCUT2D eigenvalue weighted by atomic mass is 10.1. The van der Waals surface area contributed by atoms with Crippen molar-refractivity contribution in [3.8, 4) is 0 Å². The van der Waals surface area contributed by atoms with Crippen LogP contribution in [-0.2, 0) is 9.84 Å². The van der Waals surface area contributed by atoms with Gasteiger partial charge in [0.25, 0.3) is 0 Å². The van der Waals surface area contributed by atoms with Crippen LogP contribution >= 0.6 is 0 Å². The summed E-state index contributed by atoms with van der Waals surface area (Å²) in [5.74, 6) is 0.550. The second kappa shape index (κ2) is 4.59. The van der Waals surface area contributed by atoms with Gasteiger partial charge in [-0.2, -0.15) is 0 Å². The molecule has 1 rings (SSSR count). The van der Waals surface area contributed by atoms with E-state index in [-0.39, 0.29) is 23.6 Å². The average Bonchev–Trinajstić information content (AvgIpc) is 2.08. The first kappa shape index (κ1) is 11.9. The lowest BCUT2D eigenvalue weighted by Crippen LogP contribution is -2.45. The molecule has 0 aromatic carbocycles. The van der Waals surface area contributed by atoms with E-state index in [0.29, 0.717) is 12.8 Å². The van der Waals surface area contributed by atoms with Crippen molar-refractivity contribution in [2.75, 3.05) is 11.5 Å². The maximum absolute atomic E-state index is 11.1. The Morgan fingerprint density at radius 3 is 2.21 bits per heavy atom. The van der Waals surface area contributed by atoms with Gasteiger partial charge in [0.2, 0.25) is 0 Å². The molecule has 0 bridgehead atoms. The maximum atomic E-state index is 11.1. The van der Waals surface area contributed by atoms with Crippen molar-refractivity contribution in [3.63, 3.8) is 0 Å². The van der Waals surface area contributed by atoms with Crippen LogP contribution in [0.5, 0.6) is 0 Å². The first-order valence-corrected chi connectivity index (χ1v) is 6.87. The fraction of sp³-hybridized carbons (Fsp3) is 1.00. The first-order valence-electron chi connectivity index (χ1n) is 5.05. The van der Waals surface area contributed by atoms with Crippen LogP contribution in [0.15, 0.2) is 0 Å². The summed E-state index contributed by atoms with van der Waals surface area (Å²) >= 11 is 0. The van der Waals surface area contributed by atoms with Crippen LogP contribution in [0.4, 0.5) is 0 Å². The van der Waals surface area contributed by atoms with Crippen molar-refractivity contribution in [1.29, 1.82) is 0 Å².